The molecule has 200 valence electrons. The maximum Gasteiger partial charge on any atom is 0.493 e. The zero-order valence-corrected chi connectivity index (χ0v) is 20.8. The lowest BCUT2D eigenvalue weighted by molar-refractivity contribution is -0.203. The monoisotopic (exact) mass is 570 g/mol. The Morgan fingerprint density at radius 3 is 2.29 bits per heavy atom. The molecule has 0 saturated carbocycles. The summed E-state index contributed by atoms with van der Waals surface area (Å²) in [5.74, 6) is -2.91. The minimum absolute atomic E-state index is 0.153. The number of para-hydroxylation sites is 1. The van der Waals surface area contributed by atoms with Gasteiger partial charge in [-0.05, 0) is 36.4 Å². The van der Waals surface area contributed by atoms with Crippen LogP contribution in [0.15, 0.2) is 58.1 Å². The molecule has 1 aromatic heterocycles. The molecular formula is C23H19Cl2F3N6O4. The molecule has 0 spiro atoms. The Labute approximate surface area is 222 Å². The van der Waals surface area contributed by atoms with Crippen molar-refractivity contribution >= 4 is 46.4 Å². The fraction of sp³-hybridized carbons (Fsp3) is 0.261. The molecule has 2 aromatic carbocycles. The number of benzene rings is 2. The molecule has 15 heteroatoms. The van der Waals surface area contributed by atoms with Crippen LogP contribution in [0, 0.1) is 0 Å². The van der Waals surface area contributed by atoms with Crippen molar-refractivity contribution in [3.05, 3.63) is 79.4 Å². The molecular weight excluding hydrogens is 552 g/mol. The summed E-state index contributed by atoms with van der Waals surface area (Å²) in [6.45, 7) is 1.54. The fourth-order valence-electron chi connectivity index (χ4n) is 4.44. The Morgan fingerprint density at radius 1 is 1.00 bits per heavy atom. The van der Waals surface area contributed by atoms with E-state index < -0.39 is 29.7 Å². The third-order valence-corrected chi connectivity index (χ3v) is 6.61. The number of rotatable bonds is 4. The number of carbonyl (C=O) groups excluding carboxylic acids is 1. The normalized spacial score (nSPS) is 18.0. The number of nitrogens with one attached hydrogen (secondary N) is 2. The number of hydrogen-bond acceptors (Lipinski definition) is 8. The van der Waals surface area contributed by atoms with Gasteiger partial charge < -0.3 is 10.2 Å². The van der Waals surface area contributed by atoms with E-state index >= 15 is 0 Å². The van der Waals surface area contributed by atoms with Crippen LogP contribution in [-0.2, 0) is 9.63 Å². The molecule has 0 aliphatic carbocycles. The van der Waals surface area contributed by atoms with Gasteiger partial charge in [-0.15, -0.1) is 5.06 Å². The average Bonchev–Trinajstić information content (AvgIpc) is 3.20. The first-order valence-electron chi connectivity index (χ1n) is 11.3. The SMILES string of the molecule is O=C(ON1c2c(c(=O)[nH]c(=O)n2-c2ccc(Cl)cc2)N(c2ccccc2Cl)C1N1CCNCC1)C(F)(F)F. The second-order valence-corrected chi connectivity index (χ2v) is 9.24. The van der Waals surface area contributed by atoms with Crippen molar-refractivity contribution < 1.29 is 22.8 Å². The first kappa shape index (κ1) is 26.1. The summed E-state index contributed by atoms with van der Waals surface area (Å²) in [5.41, 5.74) is -1.73. The van der Waals surface area contributed by atoms with Crippen LogP contribution >= 0.6 is 23.2 Å². The molecule has 2 N–H and O–H groups in total. The van der Waals surface area contributed by atoms with Crippen LogP contribution in [-0.4, -0.2) is 59.1 Å². The number of fused-ring (bicyclic) bond motifs is 1. The lowest BCUT2D eigenvalue weighted by atomic mass is 10.2. The second-order valence-electron chi connectivity index (χ2n) is 8.40. The van der Waals surface area contributed by atoms with E-state index in [1.807, 2.05) is 0 Å². The number of alkyl halides is 3. The molecule has 0 bridgehead atoms. The highest BCUT2D eigenvalue weighted by molar-refractivity contribution is 6.33. The number of hydrogen-bond donors (Lipinski definition) is 2. The predicted octanol–water partition coefficient (Wildman–Crippen LogP) is 3.00. The van der Waals surface area contributed by atoms with Crippen LogP contribution in [0.5, 0.6) is 0 Å². The van der Waals surface area contributed by atoms with Gasteiger partial charge >= 0.3 is 17.8 Å². The van der Waals surface area contributed by atoms with Gasteiger partial charge in [0.05, 0.1) is 16.4 Å². The van der Waals surface area contributed by atoms with Crippen LogP contribution in [0.1, 0.15) is 0 Å². The molecule has 38 heavy (non-hydrogen) atoms. The maximum atomic E-state index is 13.4. The van der Waals surface area contributed by atoms with E-state index in [9.17, 15) is 27.6 Å². The third-order valence-electron chi connectivity index (χ3n) is 6.04. The van der Waals surface area contributed by atoms with Gasteiger partial charge in [0.25, 0.3) is 5.56 Å². The van der Waals surface area contributed by atoms with E-state index in [0.717, 1.165) is 4.57 Å². The highest BCUT2D eigenvalue weighted by Gasteiger charge is 2.51. The highest BCUT2D eigenvalue weighted by atomic mass is 35.5. The Balaban J connectivity index is 1.83. The van der Waals surface area contributed by atoms with E-state index in [-0.39, 0.29) is 27.9 Å². The number of aromatic nitrogens is 2. The molecule has 1 unspecified atom stereocenters. The molecule has 10 nitrogen and oxygen atoms in total. The summed E-state index contributed by atoms with van der Waals surface area (Å²) >= 11 is 12.5. The number of hydroxylamine groups is 1. The predicted molar refractivity (Wildman–Crippen MR) is 134 cm³/mol. The van der Waals surface area contributed by atoms with Gasteiger partial charge in [0.15, 0.2) is 11.5 Å². The second kappa shape index (κ2) is 9.98. The van der Waals surface area contributed by atoms with E-state index in [4.69, 9.17) is 28.0 Å². The van der Waals surface area contributed by atoms with Crippen LogP contribution in [0.4, 0.5) is 30.4 Å². The molecule has 1 fully saturated rings. The number of halogens is 5. The van der Waals surface area contributed by atoms with Crippen LogP contribution in [0.3, 0.4) is 0 Å². The zero-order chi connectivity index (χ0) is 27.2. The van der Waals surface area contributed by atoms with Gasteiger partial charge in [0.2, 0.25) is 6.29 Å². The maximum absolute atomic E-state index is 13.4. The number of nitrogens with zero attached hydrogens (tertiary/aromatic N) is 4. The topological polar surface area (TPSA) is 103 Å². The summed E-state index contributed by atoms with van der Waals surface area (Å²) in [5, 5.41) is 4.29. The van der Waals surface area contributed by atoms with Gasteiger partial charge in [-0.2, -0.15) is 13.2 Å². The molecule has 1 saturated heterocycles. The quantitative estimate of drug-likeness (QED) is 0.493. The average molecular weight is 571 g/mol. The van der Waals surface area contributed by atoms with E-state index in [1.54, 1.807) is 29.2 Å². The summed E-state index contributed by atoms with van der Waals surface area (Å²) in [4.78, 5) is 48.8. The number of anilines is 3. The summed E-state index contributed by atoms with van der Waals surface area (Å²) in [6, 6.07) is 12.2. The summed E-state index contributed by atoms with van der Waals surface area (Å²) < 4.78 is 41.3. The highest BCUT2D eigenvalue weighted by Crippen LogP contribution is 2.45. The summed E-state index contributed by atoms with van der Waals surface area (Å²) in [6.07, 6.45) is -6.65. The molecule has 3 heterocycles. The smallest absolute Gasteiger partial charge is 0.327 e. The molecule has 3 aromatic rings. The number of carbonyl (C=O) groups is 1. The molecule has 2 aliphatic rings. The van der Waals surface area contributed by atoms with Gasteiger partial charge in [0, 0.05) is 31.2 Å². The van der Waals surface area contributed by atoms with Crippen molar-refractivity contribution in [1.82, 2.24) is 19.8 Å². The Kier molecular flexibility index (Phi) is 6.86. The number of aromatic amines is 1. The van der Waals surface area contributed by atoms with Crippen LogP contribution in [0.2, 0.25) is 10.0 Å². The Morgan fingerprint density at radius 2 is 1.66 bits per heavy atom. The van der Waals surface area contributed by atoms with Crippen LogP contribution < -0.4 is 26.5 Å². The van der Waals surface area contributed by atoms with Crippen molar-refractivity contribution in [3.8, 4) is 5.69 Å². The molecule has 5 rings (SSSR count). The van der Waals surface area contributed by atoms with Crippen molar-refractivity contribution in [2.24, 2.45) is 0 Å². The minimum atomic E-state index is -5.36. The Bertz CT molecular complexity index is 1490. The number of piperazine rings is 1. The van der Waals surface area contributed by atoms with Gasteiger partial charge in [0.1, 0.15) is 0 Å². The molecule has 1 atom stereocenters. The van der Waals surface area contributed by atoms with Crippen molar-refractivity contribution in [3.63, 3.8) is 0 Å². The van der Waals surface area contributed by atoms with Gasteiger partial charge in [-0.25, -0.2) is 14.2 Å². The lowest BCUT2D eigenvalue weighted by Crippen LogP contribution is -2.60. The minimum Gasteiger partial charge on any atom is -0.327 e. The fourth-order valence-corrected chi connectivity index (χ4v) is 4.80. The third kappa shape index (κ3) is 4.62. The number of H-pyrrole nitrogens is 1. The standard InChI is InChI=1S/C23H19Cl2F3N6O4/c24-13-5-7-14(8-6-13)32-19-17(18(35)30-21(32)37)33(16-4-2-1-3-15(16)25)22(31-11-9-29-10-12-31)34(19)38-20(36)23(26,27)28/h1-8,22,29H,9-12H2,(H,30,35,37). The van der Waals surface area contributed by atoms with Gasteiger partial charge in [-0.1, -0.05) is 35.3 Å². The van der Waals surface area contributed by atoms with Crippen molar-refractivity contribution in [2.45, 2.75) is 12.5 Å². The lowest BCUT2D eigenvalue weighted by Gasteiger charge is -2.41. The van der Waals surface area contributed by atoms with E-state index in [1.165, 1.54) is 29.2 Å². The van der Waals surface area contributed by atoms with Crippen molar-refractivity contribution in [1.29, 1.82) is 0 Å². The largest absolute Gasteiger partial charge is 0.493 e. The van der Waals surface area contributed by atoms with Crippen LogP contribution in [0.25, 0.3) is 5.69 Å². The van der Waals surface area contributed by atoms with Gasteiger partial charge in [-0.3, -0.25) is 19.6 Å². The summed E-state index contributed by atoms with van der Waals surface area (Å²) in [7, 11) is 0. The molecule has 0 radical (unpaired) electrons. The zero-order valence-electron chi connectivity index (χ0n) is 19.3. The molecule has 2 aliphatic heterocycles. The first-order valence-corrected chi connectivity index (χ1v) is 12.1. The van der Waals surface area contributed by atoms with E-state index in [0.29, 0.717) is 36.3 Å². The first-order chi connectivity index (χ1) is 18.1. The Hall–Kier alpha value is -3.52. The molecule has 0 amide bonds. The van der Waals surface area contributed by atoms with E-state index in [2.05, 4.69) is 10.3 Å². The van der Waals surface area contributed by atoms with Crippen molar-refractivity contribution in [2.75, 3.05) is 36.1 Å².